The number of aliphatic hydroxyl groups excluding tert-OH is 2. The molecule has 24 heavy (non-hydrogen) atoms. The SMILES string of the molecule is OCc1cc(F)cc(CO)c1OCc1coc(-c2ccccc2)n1. The fourth-order valence-corrected chi connectivity index (χ4v) is 2.36. The fraction of sp³-hybridized carbons (Fsp3) is 0.167. The standard InChI is InChI=1S/C18H16FNO4/c19-15-6-13(8-21)17(14(7-15)9-22)23-10-16-11-24-18(20-16)12-4-2-1-3-5-12/h1-7,11,21-22H,8-10H2. The second-order valence-electron chi connectivity index (χ2n) is 5.17. The van der Waals surface area contributed by atoms with Crippen LogP contribution < -0.4 is 4.74 Å². The van der Waals surface area contributed by atoms with Gasteiger partial charge in [-0.05, 0) is 24.3 Å². The van der Waals surface area contributed by atoms with Crippen molar-refractivity contribution in [3.8, 4) is 17.2 Å². The minimum absolute atomic E-state index is 0.0714. The lowest BCUT2D eigenvalue weighted by Crippen LogP contribution is -2.04. The molecule has 0 aliphatic heterocycles. The van der Waals surface area contributed by atoms with Gasteiger partial charge in [0.05, 0.1) is 13.2 Å². The van der Waals surface area contributed by atoms with Crippen molar-refractivity contribution in [2.75, 3.05) is 0 Å². The molecule has 0 radical (unpaired) electrons. The van der Waals surface area contributed by atoms with Gasteiger partial charge in [-0.3, -0.25) is 0 Å². The summed E-state index contributed by atoms with van der Waals surface area (Å²) in [5.74, 6) is 0.187. The summed E-state index contributed by atoms with van der Waals surface area (Å²) < 4.78 is 24.5. The highest BCUT2D eigenvalue weighted by molar-refractivity contribution is 5.52. The van der Waals surface area contributed by atoms with Crippen molar-refractivity contribution in [3.63, 3.8) is 0 Å². The number of benzene rings is 2. The number of rotatable bonds is 6. The van der Waals surface area contributed by atoms with Gasteiger partial charge in [0.15, 0.2) is 0 Å². The second kappa shape index (κ2) is 7.25. The second-order valence-corrected chi connectivity index (χ2v) is 5.17. The number of nitrogens with zero attached hydrogens (tertiary/aromatic N) is 1. The summed E-state index contributed by atoms with van der Waals surface area (Å²) in [4.78, 5) is 4.33. The topological polar surface area (TPSA) is 75.7 Å². The van der Waals surface area contributed by atoms with E-state index < -0.39 is 19.0 Å². The molecular formula is C18H16FNO4. The van der Waals surface area contributed by atoms with Crippen LogP contribution in [0.25, 0.3) is 11.5 Å². The van der Waals surface area contributed by atoms with Crippen LogP contribution in [-0.4, -0.2) is 15.2 Å². The number of aromatic nitrogens is 1. The van der Waals surface area contributed by atoms with Gasteiger partial charge in [0.2, 0.25) is 5.89 Å². The Labute approximate surface area is 138 Å². The maximum absolute atomic E-state index is 13.4. The Morgan fingerprint density at radius 2 is 1.71 bits per heavy atom. The predicted octanol–water partition coefficient (Wildman–Crippen LogP) is 3.04. The average Bonchev–Trinajstić information content (AvgIpc) is 3.09. The molecule has 0 bridgehead atoms. The molecule has 0 spiro atoms. The van der Waals surface area contributed by atoms with E-state index in [0.717, 1.165) is 5.56 Å². The zero-order chi connectivity index (χ0) is 16.9. The van der Waals surface area contributed by atoms with Crippen molar-refractivity contribution in [2.45, 2.75) is 19.8 Å². The molecule has 3 rings (SSSR count). The van der Waals surface area contributed by atoms with Crippen molar-refractivity contribution in [3.05, 3.63) is 71.4 Å². The summed E-state index contributed by atoms with van der Waals surface area (Å²) in [7, 11) is 0. The third-order valence-corrected chi connectivity index (χ3v) is 3.49. The summed E-state index contributed by atoms with van der Waals surface area (Å²) in [5, 5.41) is 18.7. The molecule has 0 fully saturated rings. The van der Waals surface area contributed by atoms with E-state index in [1.54, 1.807) is 0 Å². The van der Waals surface area contributed by atoms with Crippen LogP contribution in [-0.2, 0) is 19.8 Å². The van der Waals surface area contributed by atoms with Crippen molar-refractivity contribution in [2.24, 2.45) is 0 Å². The third-order valence-electron chi connectivity index (χ3n) is 3.49. The van der Waals surface area contributed by atoms with Gasteiger partial charge >= 0.3 is 0 Å². The number of hydrogen-bond donors (Lipinski definition) is 2. The zero-order valence-electron chi connectivity index (χ0n) is 12.8. The number of halogens is 1. The lowest BCUT2D eigenvalue weighted by molar-refractivity contribution is 0.239. The van der Waals surface area contributed by atoms with E-state index >= 15 is 0 Å². The van der Waals surface area contributed by atoms with Crippen molar-refractivity contribution in [1.29, 1.82) is 0 Å². The molecule has 0 amide bonds. The number of hydrogen-bond acceptors (Lipinski definition) is 5. The van der Waals surface area contributed by atoms with Crippen LogP contribution >= 0.6 is 0 Å². The lowest BCUT2D eigenvalue weighted by atomic mass is 10.1. The van der Waals surface area contributed by atoms with Gasteiger partial charge in [0.1, 0.15) is 30.1 Å². The van der Waals surface area contributed by atoms with E-state index in [0.29, 0.717) is 11.6 Å². The zero-order valence-corrected chi connectivity index (χ0v) is 12.8. The molecule has 1 heterocycles. The van der Waals surface area contributed by atoms with E-state index in [-0.39, 0.29) is 23.5 Å². The van der Waals surface area contributed by atoms with Crippen LogP contribution in [0.3, 0.4) is 0 Å². The molecule has 3 aromatic rings. The normalized spacial score (nSPS) is 10.8. The summed E-state index contributed by atoms with van der Waals surface area (Å²) in [6.45, 7) is -0.718. The van der Waals surface area contributed by atoms with Gasteiger partial charge in [-0.15, -0.1) is 0 Å². The quantitative estimate of drug-likeness (QED) is 0.727. The van der Waals surface area contributed by atoms with E-state index in [9.17, 15) is 14.6 Å². The molecule has 0 aliphatic carbocycles. The summed E-state index contributed by atoms with van der Waals surface area (Å²) in [5.41, 5.74) is 1.93. The molecule has 0 atom stereocenters. The smallest absolute Gasteiger partial charge is 0.226 e. The molecule has 124 valence electrons. The van der Waals surface area contributed by atoms with Crippen molar-refractivity contribution >= 4 is 0 Å². The first-order valence-corrected chi connectivity index (χ1v) is 7.37. The van der Waals surface area contributed by atoms with E-state index in [4.69, 9.17) is 9.15 Å². The Kier molecular flexibility index (Phi) is 4.88. The highest BCUT2D eigenvalue weighted by Gasteiger charge is 2.13. The molecule has 0 saturated carbocycles. The largest absolute Gasteiger partial charge is 0.486 e. The van der Waals surface area contributed by atoms with Gasteiger partial charge in [-0.1, -0.05) is 18.2 Å². The first kappa shape index (κ1) is 16.2. The summed E-state index contributed by atoms with van der Waals surface area (Å²) >= 11 is 0. The lowest BCUT2D eigenvalue weighted by Gasteiger charge is -2.13. The fourth-order valence-electron chi connectivity index (χ4n) is 2.36. The van der Waals surface area contributed by atoms with E-state index in [2.05, 4.69) is 4.98 Å². The molecular weight excluding hydrogens is 313 g/mol. The predicted molar refractivity (Wildman–Crippen MR) is 84.5 cm³/mol. The molecule has 0 aliphatic rings. The van der Waals surface area contributed by atoms with Crippen LogP contribution in [0.4, 0.5) is 4.39 Å². The van der Waals surface area contributed by atoms with E-state index in [1.165, 1.54) is 18.4 Å². The number of oxazole rings is 1. The van der Waals surface area contributed by atoms with Gasteiger partial charge in [0, 0.05) is 16.7 Å². The molecule has 6 heteroatoms. The van der Waals surface area contributed by atoms with Crippen LogP contribution in [0, 0.1) is 5.82 Å². The van der Waals surface area contributed by atoms with Gasteiger partial charge in [-0.2, -0.15) is 0 Å². The Hall–Kier alpha value is -2.70. The molecule has 5 nitrogen and oxygen atoms in total. The van der Waals surface area contributed by atoms with E-state index in [1.807, 2.05) is 30.3 Å². The Balaban J connectivity index is 1.78. The Bertz CT molecular complexity index is 792. The molecule has 2 N–H and O–H groups in total. The minimum atomic E-state index is -0.539. The maximum atomic E-state index is 13.4. The van der Waals surface area contributed by atoms with Crippen LogP contribution in [0.15, 0.2) is 53.1 Å². The molecule has 1 aromatic heterocycles. The average molecular weight is 329 g/mol. The molecule has 0 saturated heterocycles. The summed E-state index contributed by atoms with van der Waals surface area (Å²) in [6.07, 6.45) is 1.48. The molecule has 2 aromatic carbocycles. The van der Waals surface area contributed by atoms with Crippen LogP contribution in [0.1, 0.15) is 16.8 Å². The monoisotopic (exact) mass is 329 g/mol. The first-order valence-electron chi connectivity index (χ1n) is 7.37. The van der Waals surface area contributed by atoms with Gasteiger partial charge in [0.25, 0.3) is 0 Å². The van der Waals surface area contributed by atoms with Crippen molar-refractivity contribution < 1.29 is 23.8 Å². The van der Waals surface area contributed by atoms with Gasteiger partial charge < -0.3 is 19.4 Å². The van der Waals surface area contributed by atoms with Gasteiger partial charge in [-0.25, -0.2) is 9.37 Å². The minimum Gasteiger partial charge on any atom is -0.486 e. The number of aliphatic hydroxyl groups is 2. The van der Waals surface area contributed by atoms with Crippen molar-refractivity contribution in [1.82, 2.24) is 4.98 Å². The number of ether oxygens (including phenoxy) is 1. The first-order chi connectivity index (χ1) is 11.7. The Morgan fingerprint density at radius 1 is 1.04 bits per heavy atom. The van der Waals surface area contributed by atoms with Crippen LogP contribution in [0.2, 0.25) is 0 Å². The molecule has 0 unspecified atom stereocenters. The third kappa shape index (κ3) is 3.45. The summed E-state index contributed by atoms with van der Waals surface area (Å²) in [6, 6.07) is 11.8. The highest BCUT2D eigenvalue weighted by Crippen LogP contribution is 2.27. The Morgan fingerprint density at radius 3 is 2.33 bits per heavy atom. The maximum Gasteiger partial charge on any atom is 0.226 e. The highest BCUT2D eigenvalue weighted by atomic mass is 19.1. The van der Waals surface area contributed by atoms with Crippen LogP contribution in [0.5, 0.6) is 5.75 Å².